The zero-order valence-corrected chi connectivity index (χ0v) is 13.0. The molecule has 106 valence electrons. The lowest BCUT2D eigenvalue weighted by Crippen LogP contribution is -2.38. The van der Waals surface area contributed by atoms with E-state index in [9.17, 15) is 8.42 Å². The molecule has 0 N–H and O–H groups in total. The van der Waals surface area contributed by atoms with Crippen LogP contribution in [0.1, 0.15) is 22.6 Å². The summed E-state index contributed by atoms with van der Waals surface area (Å²) >= 11 is 1.84. The number of rotatable bonds is 3. The fourth-order valence-corrected chi connectivity index (χ4v) is 5.51. The van der Waals surface area contributed by atoms with E-state index in [1.165, 1.54) is 16.0 Å². The number of nitrogens with zero attached hydrogens (tertiary/aromatic N) is 2. The van der Waals surface area contributed by atoms with E-state index < -0.39 is 10.0 Å². The fourth-order valence-electron chi connectivity index (χ4n) is 3.41. The van der Waals surface area contributed by atoms with Crippen molar-refractivity contribution in [3.05, 3.63) is 21.9 Å². The van der Waals surface area contributed by atoms with Gasteiger partial charge in [0.1, 0.15) is 0 Å². The number of likely N-dealkylation sites (tertiary alicyclic amines) is 1. The Kier molecular flexibility index (Phi) is 3.45. The average molecular weight is 300 g/mol. The summed E-state index contributed by atoms with van der Waals surface area (Å²) in [5.74, 6) is 0. The SMILES string of the molecule is Cc1ccc(CN2CC[C@H]3[C@H]2CCN3S(C)(=O)=O)s1. The minimum absolute atomic E-state index is 0.205. The topological polar surface area (TPSA) is 40.6 Å². The summed E-state index contributed by atoms with van der Waals surface area (Å²) in [6.07, 6.45) is 3.28. The van der Waals surface area contributed by atoms with Gasteiger partial charge in [0, 0.05) is 41.5 Å². The van der Waals surface area contributed by atoms with Gasteiger partial charge in [-0.1, -0.05) is 0 Å². The monoisotopic (exact) mass is 300 g/mol. The first-order valence-electron chi connectivity index (χ1n) is 6.71. The molecular formula is C13H20N2O2S2. The van der Waals surface area contributed by atoms with Crippen molar-refractivity contribution in [3.63, 3.8) is 0 Å². The Morgan fingerprint density at radius 3 is 2.63 bits per heavy atom. The van der Waals surface area contributed by atoms with Gasteiger partial charge in [-0.15, -0.1) is 11.3 Å². The van der Waals surface area contributed by atoms with E-state index in [0.717, 1.165) is 25.9 Å². The highest BCUT2D eigenvalue weighted by atomic mass is 32.2. The molecule has 0 bridgehead atoms. The van der Waals surface area contributed by atoms with Crippen molar-refractivity contribution in [1.82, 2.24) is 9.21 Å². The first kappa shape index (κ1) is 13.5. The van der Waals surface area contributed by atoms with Gasteiger partial charge in [-0.25, -0.2) is 8.42 Å². The van der Waals surface area contributed by atoms with Gasteiger partial charge in [0.05, 0.1) is 6.26 Å². The van der Waals surface area contributed by atoms with Gasteiger partial charge in [-0.3, -0.25) is 4.90 Å². The third-order valence-electron chi connectivity index (χ3n) is 4.22. The van der Waals surface area contributed by atoms with Crippen LogP contribution in [0.2, 0.25) is 0 Å². The largest absolute Gasteiger partial charge is 0.294 e. The van der Waals surface area contributed by atoms with Crippen molar-refractivity contribution in [2.24, 2.45) is 0 Å². The van der Waals surface area contributed by atoms with Gasteiger partial charge in [0.25, 0.3) is 0 Å². The van der Waals surface area contributed by atoms with Crippen molar-refractivity contribution < 1.29 is 8.42 Å². The van der Waals surface area contributed by atoms with Gasteiger partial charge in [-0.2, -0.15) is 4.31 Å². The zero-order chi connectivity index (χ0) is 13.6. The number of hydrogen-bond acceptors (Lipinski definition) is 4. The molecule has 0 aromatic carbocycles. The van der Waals surface area contributed by atoms with E-state index in [2.05, 4.69) is 24.0 Å². The first-order valence-corrected chi connectivity index (χ1v) is 9.38. The number of aryl methyl sites for hydroxylation is 1. The van der Waals surface area contributed by atoms with Crippen LogP contribution in [0.3, 0.4) is 0 Å². The summed E-state index contributed by atoms with van der Waals surface area (Å²) in [4.78, 5) is 5.19. The Hall–Kier alpha value is -0.430. The highest BCUT2D eigenvalue weighted by Gasteiger charge is 2.45. The maximum Gasteiger partial charge on any atom is 0.211 e. The molecule has 2 aliphatic heterocycles. The van der Waals surface area contributed by atoms with E-state index in [0.29, 0.717) is 12.6 Å². The maximum atomic E-state index is 11.8. The molecule has 19 heavy (non-hydrogen) atoms. The van der Waals surface area contributed by atoms with Crippen LogP contribution in [-0.2, 0) is 16.6 Å². The summed E-state index contributed by atoms with van der Waals surface area (Å²) in [5.41, 5.74) is 0. The molecule has 0 amide bonds. The molecule has 2 atom stereocenters. The van der Waals surface area contributed by atoms with E-state index in [4.69, 9.17) is 0 Å². The molecule has 1 aromatic heterocycles. The molecule has 0 spiro atoms. The standard InChI is InChI=1S/C13H20N2O2S2/c1-10-3-4-11(18-10)9-14-7-5-13-12(14)6-8-15(13)19(2,16)17/h3-4,12-13H,5-9H2,1-2H3/t12-,13+/m1/s1. The molecule has 2 fully saturated rings. The smallest absolute Gasteiger partial charge is 0.211 e. The Bertz CT molecular complexity index is 567. The molecule has 6 heteroatoms. The second-order valence-electron chi connectivity index (χ2n) is 5.57. The van der Waals surface area contributed by atoms with Crippen LogP contribution in [0.25, 0.3) is 0 Å². The van der Waals surface area contributed by atoms with Gasteiger partial charge in [0.2, 0.25) is 10.0 Å². The van der Waals surface area contributed by atoms with Crippen LogP contribution in [0, 0.1) is 6.92 Å². The quantitative estimate of drug-likeness (QED) is 0.852. The number of sulfonamides is 1. The molecule has 0 saturated carbocycles. The van der Waals surface area contributed by atoms with E-state index in [-0.39, 0.29) is 6.04 Å². The summed E-state index contributed by atoms with van der Waals surface area (Å²) in [6.45, 7) is 4.80. The summed E-state index contributed by atoms with van der Waals surface area (Å²) in [6, 6.07) is 4.97. The van der Waals surface area contributed by atoms with Gasteiger partial charge < -0.3 is 0 Å². The third-order valence-corrected chi connectivity index (χ3v) is 6.51. The molecule has 3 heterocycles. The second kappa shape index (κ2) is 4.84. The normalized spacial score (nSPS) is 28.9. The Morgan fingerprint density at radius 2 is 2.00 bits per heavy atom. The lowest BCUT2D eigenvalue weighted by atomic mass is 10.1. The molecule has 2 saturated heterocycles. The summed E-state index contributed by atoms with van der Waals surface area (Å²) in [5, 5.41) is 0. The zero-order valence-electron chi connectivity index (χ0n) is 11.4. The highest BCUT2D eigenvalue weighted by molar-refractivity contribution is 7.88. The Balaban J connectivity index is 1.72. The van der Waals surface area contributed by atoms with Gasteiger partial charge >= 0.3 is 0 Å². The molecular weight excluding hydrogens is 280 g/mol. The van der Waals surface area contributed by atoms with Crippen LogP contribution in [-0.4, -0.2) is 49.1 Å². The second-order valence-corrected chi connectivity index (χ2v) is 8.88. The summed E-state index contributed by atoms with van der Waals surface area (Å²) < 4.78 is 25.2. The molecule has 3 rings (SSSR count). The van der Waals surface area contributed by atoms with Crippen molar-refractivity contribution >= 4 is 21.4 Å². The number of thiophene rings is 1. The van der Waals surface area contributed by atoms with Gasteiger partial charge in [0.15, 0.2) is 0 Å². The van der Waals surface area contributed by atoms with Crippen LogP contribution >= 0.6 is 11.3 Å². The predicted molar refractivity (Wildman–Crippen MR) is 77.8 cm³/mol. The van der Waals surface area contributed by atoms with Crippen LogP contribution in [0.5, 0.6) is 0 Å². The summed E-state index contributed by atoms with van der Waals surface area (Å²) in [7, 11) is -3.04. The molecule has 1 aromatic rings. The molecule has 0 aliphatic carbocycles. The molecule has 4 nitrogen and oxygen atoms in total. The fraction of sp³-hybridized carbons (Fsp3) is 0.692. The molecule has 2 aliphatic rings. The maximum absolute atomic E-state index is 11.8. The minimum Gasteiger partial charge on any atom is -0.294 e. The molecule has 0 radical (unpaired) electrons. The van der Waals surface area contributed by atoms with Crippen LogP contribution in [0.4, 0.5) is 0 Å². The Morgan fingerprint density at radius 1 is 1.26 bits per heavy atom. The van der Waals surface area contributed by atoms with Crippen LogP contribution < -0.4 is 0 Å². The Labute approximate surface area is 119 Å². The van der Waals surface area contributed by atoms with E-state index >= 15 is 0 Å². The predicted octanol–water partition coefficient (Wildman–Crippen LogP) is 1.66. The van der Waals surface area contributed by atoms with Crippen molar-refractivity contribution in [3.8, 4) is 0 Å². The van der Waals surface area contributed by atoms with Crippen molar-refractivity contribution in [1.29, 1.82) is 0 Å². The lowest BCUT2D eigenvalue weighted by molar-refractivity contribution is 0.242. The van der Waals surface area contributed by atoms with Gasteiger partial charge in [-0.05, 0) is 31.9 Å². The third kappa shape index (κ3) is 2.59. The van der Waals surface area contributed by atoms with E-state index in [1.54, 1.807) is 4.31 Å². The average Bonchev–Trinajstić information content (AvgIpc) is 2.95. The minimum atomic E-state index is -3.04. The lowest BCUT2D eigenvalue weighted by Gasteiger charge is -2.24. The van der Waals surface area contributed by atoms with Crippen molar-refractivity contribution in [2.45, 2.75) is 38.4 Å². The first-order chi connectivity index (χ1) is 8.95. The van der Waals surface area contributed by atoms with Crippen LogP contribution in [0.15, 0.2) is 12.1 Å². The molecule has 0 unspecified atom stereocenters. The number of fused-ring (bicyclic) bond motifs is 1. The van der Waals surface area contributed by atoms with Crippen molar-refractivity contribution in [2.75, 3.05) is 19.3 Å². The number of hydrogen-bond donors (Lipinski definition) is 0. The van der Waals surface area contributed by atoms with E-state index in [1.807, 2.05) is 11.3 Å². The highest BCUT2D eigenvalue weighted by Crippen LogP contribution is 2.34.